The van der Waals surface area contributed by atoms with Gasteiger partial charge in [0.25, 0.3) is 0 Å². The Labute approximate surface area is 134 Å². The molecule has 0 spiro atoms. The first kappa shape index (κ1) is 16.0. The first-order valence-electron chi connectivity index (χ1n) is 8.76. The molecule has 1 N–H and O–H groups in total. The van der Waals surface area contributed by atoms with Gasteiger partial charge in [-0.15, -0.1) is 6.58 Å². The summed E-state index contributed by atoms with van der Waals surface area (Å²) in [5, 5.41) is 9.92. The maximum Gasteiger partial charge on any atom is 0.156 e. The summed E-state index contributed by atoms with van der Waals surface area (Å²) < 4.78 is 0. The zero-order chi connectivity index (χ0) is 16.2. The van der Waals surface area contributed by atoms with Crippen molar-refractivity contribution in [1.82, 2.24) is 0 Å². The van der Waals surface area contributed by atoms with Crippen LogP contribution in [0.15, 0.2) is 24.3 Å². The number of fused-ring (bicyclic) bond motifs is 3. The highest BCUT2D eigenvalue weighted by atomic mass is 16.3. The van der Waals surface area contributed by atoms with Crippen molar-refractivity contribution in [2.24, 2.45) is 28.1 Å². The highest BCUT2D eigenvalue weighted by molar-refractivity contribution is 5.92. The second kappa shape index (κ2) is 5.06. The van der Waals surface area contributed by atoms with E-state index in [1.165, 1.54) is 18.4 Å². The average Bonchev–Trinajstić information content (AvgIpc) is 2.48. The van der Waals surface area contributed by atoms with E-state index in [0.29, 0.717) is 18.3 Å². The molecule has 3 rings (SSSR count). The van der Waals surface area contributed by atoms with Crippen molar-refractivity contribution >= 4 is 5.78 Å². The van der Waals surface area contributed by atoms with Crippen LogP contribution in [0, 0.1) is 28.1 Å². The third kappa shape index (κ3) is 2.22. The lowest BCUT2D eigenvalue weighted by atomic mass is 9.47. The second-order valence-corrected chi connectivity index (χ2v) is 8.86. The van der Waals surface area contributed by atoms with E-state index in [1.54, 1.807) is 0 Å². The lowest BCUT2D eigenvalue weighted by Gasteiger charge is -2.58. The fourth-order valence-corrected chi connectivity index (χ4v) is 5.45. The summed E-state index contributed by atoms with van der Waals surface area (Å²) in [6, 6.07) is 0. The van der Waals surface area contributed by atoms with E-state index in [-0.39, 0.29) is 28.6 Å². The summed E-state index contributed by atoms with van der Waals surface area (Å²) in [6.45, 7) is 11.0. The minimum absolute atomic E-state index is 0.117. The summed E-state index contributed by atoms with van der Waals surface area (Å²) in [7, 11) is 0. The van der Waals surface area contributed by atoms with Gasteiger partial charge in [-0.3, -0.25) is 4.79 Å². The highest BCUT2D eigenvalue weighted by Gasteiger charge is 2.54. The Morgan fingerprint density at radius 1 is 1.32 bits per heavy atom. The topological polar surface area (TPSA) is 37.3 Å². The molecule has 3 aliphatic rings. The molecule has 0 aromatic heterocycles. The predicted molar refractivity (Wildman–Crippen MR) is 89.4 cm³/mol. The third-order valence-electron chi connectivity index (χ3n) is 7.26. The monoisotopic (exact) mass is 302 g/mol. The molecule has 2 saturated carbocycles. The molecule has 2 heteroatoms. The first-order chi connectivity index (χ1) is 10.3. The molecule has 22 heavy (non-hydrogen) atoms. The molecule has 5 atom stereocenters. The molecule has 0 aromatic carbocycles. The Morgan fingerprint density at radius 3 is 2.68 bits per heavy atom. The SMILES string of the molecule is C=C[C@]1(C)CC[C@@]2(C)C3=CC(=O)C[C@@](C)(CO)[C@@H]3CC[C@@H]2C1. The van der Waals surface area contributed by atoms with Gasteiger partial charge in [0.1, 0.15) is 0 Å². The molecule has 0 aromatic rings. The Balaban J connectivity index is 1.99. The van der Waals surface area contributed by atoms with Crippen molar-refractivity contribution in [3.8, 4) is 0 Å². The molecular formula is C20H30O2. The van der Waals surface area contributed by atoms with E-state index in [0.717, 1.165) is 19.3 Å². The number of hydrogen-bond acceptors (Lipinski definition) is 2. The predicted octanol–water partition coefficient (Wildman–Crippen LogP) is 4.29. The normalized spacial score (nSPS) is 48.2. The van der Waals surface area contributed by atoms with Gasteiger partial charge < -0.3 is 5.11 Å². The van der Waals surface area contributed by atoms with E-state index < -0.39 is 0 Å². The zero-order valence-electron chi connectivity index (χ0n) is 14.3. The number of carbonyl (C=O) groups is 1. The number of carbonyl (C=O) groups excluding carboxylic acids is 1. The molecular weight excluding hydrogens is 272 g/mol. The van der Waals surface area contributed by atoms with Crippen molar-refractivity contribution in [3.05, 3.63) is 24.3 Å². The molecule has 122 valence electrons. The lowest BCUT2D eigenvalue weighted by molar-refractivity contribution is -0.121. The van der Waals surface area contributed by atoms with E-state index in [9.17, 15) is 9.90 Å². The van der Waals surface area contributed by atoms with Gasteiger partial charge in [-0.25, -0.2) is 0 Å². The van der Waals surface area contributed by atoms with Crippen LogP contribution in [0.1, 0.15) is 59.3 Å². The van der Waals surface area contributed by atoms with Crippen LogP contribution in [0.3, 0.4) is 0 Å². The quantitative estimate of drug-likeness (QED) is 0.772. The largest absolute Gasteiger partial charge is 0.396 e. The molecule has 0 saturated heterocycles. The maximum absolute atomic E-state index is 12.3. The van der Waals surface area contributed by atoms with Gasteiger partial charge in [-0.2, -0.15) is 0 Å². The van der Waals surface area contributed by atoms with Gasteiger partial charge in [0.05, 0.1) is 0 Å². The van der Waals surface area contributed by atoms with Crippen LogP contribution in [-0.4, -0.2) is 17.5 Å². The van der Waals surface area contributed by atoms with Gasteiger partial charge in [0, 0.05) is 18.4 Å². The van der Waals surface area contributed by atoms with Gasteiger partial charge in [0.15, 0.2) is 5.78 Å². The van der Waals surface area contributed by atoms with Crippen molar-refractivity contribution in [2.75, 3.05) is 6.61 Å². The molecule has 3 aliphatic carbocycles. The van der Waals surface area contributed by atoms with E-state index in [1.807, 2.05) is 6.08 Å². The van der Waals surface area contributed by atoms with Crippen molar-refractivity contribution in [2.45, 2.75) is 59.3 Å². The second-order valence-electron chi connectivity index (χ2n) is 8.86. The third-order valence-corrected chi connectivity index (χ3v) is 7.26. The number of aliphatic hydroxyl groups excluding tert-OH is 1. The van der Waals surface area contributed by atoms with Crippen LogP contribution in [0.4, 0.5) is 0 Å². The Morgan fingerprint density at radius 2 is 2.05 bits per heavy atom. The van der Waals surface area contributed by atoms with Gasteiger partial charge in [0.2, 0.25) is 0 Å². The minimum Gasteiger partial charge on any atom is -0.396 e. The summed E-state index contributed by atoms with van der Waals surface area (Å²) in [4.78, 5) is 12.3. The van der Waals surface area contributed by atoms with Crippen molar-refractivity contribution < 1.29 is 9.90 Å². The van der Waals surface area contributed by atoms with Gasteiger partial charge in [-0.1, -0.05) is 32.4 Å². The zero-order valence-corrected chi connectivity index (χ0v) is 14.3. The van der Waals surface area contributed by atoms with E-state index in [4.69, 9.17) is 0 Å². The lowest BCUT2D eigenvalue weighted by Crippen LogP contribution is -2.50. The summed E-state index contributed by atoms with van der Waals surface area (Å²) in [5.41, 5.74) is 1.48. The fraction of sp³-hybridized carbons (Fsp3) is 0.750. The number of allylic oxidation sites excluding steroid dienone is 3. The molecule has 0 unspecified atom stereocenters. The van der Waals surface area contributed by atoms with Crippen LogP contribution < -0.4 is 0 Å². The van der Waals surface area contributed by atoms with E-state index in [2.05, 4.69) is 33.4 Å². The number of rotatable bonds is 2. The standard InChI is InChI=1S/C20H30O2/c1-5-18(2)8-9-20(4)14(11-18)6-7-16-17(20)10-15(22)12-19(16,3)13-21/h5,10,14,16,21H,1,6-9,11-13H2,2-4H3/t14-,16-,18-,19+,20-/m1/s1. The first-order valence-corrected chi connectivity index (χ1v) is 8.76. The van der Waals surface area contributed by atoms with Gasteiger partial charge >= 0.3 is 0 Å². The van der Waals surface area contributed by atoms with Crippen LogP contribution in [-0.2, 0) is 4.79 Å². The molecule has 2 nitrogen and oxygen atoms in total. The summed E-state index contributed by atoms with van der Waals surface area (Å²) >= 11 is 0. The number of ketones is 1. The Hall–Kier alpha value is -0.890. The summed E-state index contributed by atoms with van der Waals surface area (Å²) in [5.74, 6) is 1.23. The van der Waals surface area contributed by atoms with Crippen molar-refractivity contribution in [3.63, 3.8) is 0 Å². The number of hydrogen-bond donors (Lipinski definition) is 1. The van der Waals surface area contributed by atoms with E-state index >= 15 is 0 Å². The molecule has 0 aliphatic heterocycles. The molecule has 0 heterocycles. The number of aliphatic hydroxyl groups is 1. The molecule has 0 amide bonds. The maximum atomic E-state index is 12.3. The van der Waals surface area contributed by atoms with Crippen LogP contribution in [0.25, 0.3) is 0 Å². The smallest absolute Gasteiger partial charge is 0.156 e. The van der Waals surface area contributed by atoms with Crippen molar-refractivity contribution in [1.29, 1.82) is 0 Å². The molecule has 2 fully saturated rings. The fourth-order valence-electron chi connectivity index (χ4n) is 5.45. The minimum atomic E-state index is -0.256. The summed E-state index contributed by atoms with van der Waals surface area (Å²) in [6.07, 6.45) is 10.4. The molecule has 0 bridgehead atoms. The average molecular weight is 302 g/mol. The van der Waals surface area contributed by atoms with Crippen LogP contribution in [0.2, 0.25) is 0 Å². The van der Waals surface area contributed by atoms with Crippen LogP contribution >= 0.6 is 0 Å². The Bertz CT molecular complexity index is 534. The van der Waals surface area contributed by atoms with Crippen LogP contribution in [0.5, 0.6) is 0 Å². The molecule has 0 radical (unpaired) electrons. The van der Waals surface area contributed by atoms with Gasteiger partial charge in [-0.05, 0) is 60.8 Å². The Kier molecular flexibility index (Phi) is 3.67. The highest BCUT2D eigenvalue weighted by Crippen LogP contribution is 2.63.